The van der Waals surface area contributed by atoms with Gasteiger partial charge in [-0.15, -0.1) is 0 Å². The third kappa shape index (κ3) is 9.05. The van der Waals surface area contributed by atoms with Crippen LogP contribution in [0.4, 0.5) is 0 Å². The van der Waals surface area contributed by atoms with Gasteiger partial charge in [0.2, 0.25) is 5.79 Å². The average molecular weight is 553 g/mol. The Labute approximate surface area is 224 Å². The van der Waals surface area contributed by atoms with Crippen LogP contribution in [0.25, 0.3) is 0 Å². The molecule has 0 saturated carbocycles. The Bertz CT molecular complexity index is 664. The Morgan fingerprint density at radius 3 is 1.82 bits per heavy atom. The Balaban J connectivity index is 1.87. The molecule has 0 unspecified atom stereocenters. The molecule has 12 nitrogen and oxygen atoms in total. The fraction of sp³-hybridized carbons (Fsp3) is 0.962. The predicted molar refractivity (Wildman–Crippen MR) is 134 cm³/mol. The van der Waals surface area contributed by atoms with Crippen molar-refractivity contribution in [2.75, 3.05) is 19.8 Å². The number of hydrogen-bond donors (Lipinski definition) is 7. The van der Waals surface area contributed by atoms with E-state index in [-0.39, 0.29) is 6.42 Å². The highest BCUT2D eigenvalue weighted by Crippen LogP contribution is 2.38. The molecule has 2 aliphatic heterocycles. The molecule has 9 atom stereocenters. The highest BCUT2D eigenvalue weighted by atomic mass is 16.8. The van der Waals surface area contributed by atoms with Gasteiger partial charge in [-0.05, 0) is 6.42 Å². The second kappa shape index (κ2) is 17.0. The van der Waals surface area contributed by atoms with Crippen LogP contribution in [0.3, 0.4) is 0 Å². The standard InChI is InChI=1S/C26H48O12/c1-2-3-4-5-6-7-8-9-10-11-12-13-19(30)36-24-21(32)18(15-28)37-26(24,16-29)38-25-23(34)22(33)20(31)17(14-27)35-25/h17-18,20-25,27-29,31-34H,2-16H2,1H3/t17-,18-,20-,21-,22+,23-,24+,25-,26+/m1/s1. The van der Waals surface area contributed by atoms with E-state index in [4.69, 9.17) is 18.9 Å². The summed E-state index contributed by atoms with van der Waals surface area (Å²) in [5, 5.41) is 70.1. The Kier molecular flexibility index (Phi) is 14.9. The van der Waals surface area contributed by atoms with Crippen molar-refractivity contribution in [1.29, 1.82) is 0 Å². The predicted octanol–water partition coefficient (Wildman–Crippen LogP) is -0.144. The molecule has 12 heteroatoms. The second-order valence-corrected chi connectivity index (χ2v) is 10.3. The molecule has 0 amide bonds. The molecule has 7 N–H and O–H groups in total. The molecule has 0 aromatic heterocycles. The molecule has 2 heterocycles. The van der Waals surface area contributed by atoms with Crippen molar-refractivity contribution < 1.29 is 59.5 Å². The van der Waals surface area contributed by atoms with Gasteiger partial charge in [-0.3, -0.25) is 4.79 Å². The minimum atomic E-state index is -2.24. The molecule has 0 bridgehead atoms. The quantitative estimate of drug-likeness (QED) is 0.0879. The topological polar surface area (TPSA) is 196 Å². The van der Waals surface area contributed by atoms with Gasteiger partial charge >= 0.3 is 5.97 Å². The first kappa shape index (κ1) is 33.3. The van der Waals surface area contributed by atoms with Crippen molar-refractivity contribution in [3.8, 4) is 0 Å². The van der Waals surface area contributed by atoms with Gasteiger partial charge in [-0.2, -0.15) is 0 Å². The molecule has 38 heavy (non-hydrogen) atoms. The van der Waals surface area contributed by atoms with E-state index in [0.717, 1.165) is 19.3 Å². The lowest BCUT2D eigenvalue weighted by atomic mass is 9.99. The van der Waals surface area contributed by atoms with Crippen LogP contribution in [0.15, 0.2) is 0 Å². The normalized spacial score (nSPS) is 35.5. The summed E-state index contributed by atoms with van der Waals surface area (Å²) in [5.41, 5.74) is 0. The number of aliphatic hydroxyl groups is 7. The first-order valence-electron chi connectivity index (χ1n) is 14.0. The van der Waals surface area contributed by atoms with Crippen LogP contribution in [0, 0.1) is 0 Å². The van der Waals surface area contributed by atoms with Crippen molar-refractivity contribution in [3.05, 3.63) is 0 Å². The monoisotopic (exact) mass is 552 g/mol. The van der Waals surface area contributed by atoms with Gasteiger partial charge in [0.15, 0.2) is 12.4 Å². The van der Waals surface area contributed by atoms with Gasteiger partial charge in [0, 0.05) is 6.42 Å². The number of esters is 1. The molecular formula is C26H48O12. The lowest BCUT2D eigenvalue weighted by Gasteiger charge is -2.43. The van der Waals surface area contributed by atoms with Crippen LogP contribution in [-0.4, -0.2) is 116 Å². The summed E-state index contributed by atoms with van der Waals surface area (Å²) in [5.74, 6) is -2.91. The Morgan fingerprint density at radius 1 is 0.737 bits per heavy atom. The van der Waals surface area contributed by atoms with E-state index < -0.39 is 80.6 Å². The third-order valence-electron chi connectivity index (χ3n) is 7.28. The minimum Gasteiger partial charge on any atom is -0.454 e. The number of rotatable bonds is 18. The number of carbonyl (C=O) groups excluding carboxylic acids is 1. The number of aliphatic hydroxyl groups excluding tert-OH is 7. The molecule has 2 rings (SSSR count). The lowest BCUT2D eigenvalue weighted by Crippen LogP contribution is -2.63. The van der Waals surface area contributed by atoms with Crippen molar-refractivity contribution in [2.45, 2.75) is 139 Å². The molecule has 224 valence electrons. The van der Waals surface area contributed by atoms with E-state index in [0.29, 0.717) is 6.42 Å². The smallest absolute Gasteiger partial charge is 0.306 e. The van der Waals surface area contributed by atoms with Gasteiger partial charge in [-0.25, -0.2) is 0 Å². The molecule has 0 aromatic rings. The summed E-state index contributed by atoms with van der Waals surface area (Å²) in [7, 11) is 0. The van der Waals surface area contributed by atoms with Crippen molar-refractivity contribution in [1.82, 2.24) is 0 Å². The maximum atomic E-state index is 12.6. The second-order valence-electron chi connectivity index (χ2n) is 10.3. The van der Waals surface area contributed by atoms with E-state index in [1.807, 2.05) is 0 Å². The van der Waals surface area contributed by atoms with Crippen LogP contribution < -0.4 is 0 Å². The first-order valence-corrected chi connectivity index (χ1v) is 14.0. The number of unbranched alkanes of at least 4 members (excludes halogenated alkanes) is 10. The van der Waals surface area contributed by atoms with Gasteiger partial charge in [0.05, 0.1) is 13.2 Å². The molecule has 0 spiro atoms. The fourth-order valence-corrected chi connectivity index (χ4v) is 4.91. The molecule has 0 aliphatic carbocycles. The SMILES string of the molecule is CCCCCCCCCCCCCC(=O)O[C@H]1[C@H](O)[C@@H](CO)O[C@@]1(CO)O[C@H]1O[C@H](CO)[C@@H](O)[C@H](O)[C@H]1O. The van der Waals surface area contributed by atoms with E-state index >= 15 is 0 Å². The van der Waals surface area contributed by atoms with Crippen molar-refractivity contribution in [2.24, 2.45) is 0 Å². The summed E-state index contributed by atoms with van der Waals surface area (Å²) in [6.07, 6.45) is -0.389. The molecular weight excluding hydrogens is 504 g/mol. The first-order chi connectivity index (χ1) is 18.2. The maximum absolute atomic E-state index is 12.6. The van der Waals surface area contributed by atoms with Crippen LogP contribution in [0.5, 0.6) is 0 Å². The lowest BCUT2D eigenvalue weighted by molar-refractivity contribution is -0.383. The molecule has 2 aliphatic rings. The Morgan fingerprint density at radius 2 is 1.29 bits per heavy atom. The largest absolute Gasteiger partial charge is 0.454 e. The van der Waals surface area contributed by atoms with Crippen LogP contribution >= 0.6 is 0 Å². The van der Waals surface area contributed by atoms with Crippen LogP contribution in [-0.2, 0) is 23.7 Å². The van der Waals surface area contributed by atoms with E-state index in [9.17, 15) is 40.5 Å². The zero-order chi connectivity index (χ0) is 28.1. The molecule has 0 aromatic carbocycles. The summed E-state index contributed by atoms with van der Waals surface area (Å²) in [4.78, 5) is 12.6. The van der Waals surface area contributed by atoms with Gasteiger partial charge in [-0.1, -0.05) is 71.1 Å². The van der Waals surface area contributed by atoms with Crippen LogP contribution in [0.2, 0.25) is 0 Å². The van der Waals surface area contributed by atoms with Gasteiger partial charge in [0.25, 0.3) is 0 Å². The number of ether oxygens (including phenoxy) is 4. The minimum absolute atomic E-state index is 0.0611. The molecule has 2 fully saturated rings. The number of hydrogen-bond acceptors (Lipinski definition) is 12. The number of carbonyl (C=O) groups is 1. The molecule has 2 saturated heterocycles. The van der Waals surface area contributed by atoms with Crippen molar-refractivity contribution >= 4 is 5.97 Å². The van der Waals surface area contributed by atoms with Crippen LogP contribution in [0.1, 0.15) is 84.0 Å². The highest BCUT2D eigenvalue weighted by molar-refractivity contribution is 5.69. The van der Waals surface area contributed by atoms with Gasteiger partial charge < -0.3 is 54.7 Å². The van der Waals surface area contributed by atoms with Gasteiger partial charge in [0.1, 0.15) is 43.2 Å². The van der Waals surface area contributed by atoms with E-state index in [2.05, 4.69) is 6.92 Å². The van der Waals surface area contributed by atoms with E-state index in [1.54, 1.807) is 0 Å². The summed E-state index contributed by atoms with van der Waals surface area (Å²) < 4.78 is 21.9. The Hall–Kier alpha value is -0.930. The van der Waals surface area contributed by atoms with Crippen molar-refractivity contribution in [3.63, 3.8) is 0 Å². The van der Waals surface area contributed by atoms with E-state index in [1.165, 1.54) is 44.9 Å². The molecule has 0 radical (unpaired) electrons. The summed E-state index contributed by atoms with van der Waals surface area (Å²) in [6, 6.07) is 0. The summed E-state index contributed by atoms with van der Waals surface area (Å²) >= 11 is 0. The highest BCUT2D eigenvalue weighted by Gasteiger charge is 2.60. The average Bonchev–Trinajstić information content (AvgIpc) is 3.18. The maximum Gasteiger partial charge on any atom is 0.306 e. The summed E-state index contributed by atoms with van der Waals surface area (Å²) in [6.45, 7) is -0.164. The third-order valence-corrected chi connectivity index (χ3v) is 7.28. The zero-order valence-corrected chi connectivity index (χ0v) is 22.4. The fourth-order valence-electron chi connectivity index (χ4n) is 4.91. The zero-order valence-electron chi connectivity index (χ0n) is 22.4.